The van der Waals surface area contributed by atoms with Crippen LogP contribution in [-0.2, 0) is 11.0 Å². The highest BCUT2D eigenvalue weighted by atomic mass is 32.2. The van der Waals surface area contributed by atoms with Crippen LogP contribution in [0.3, 0.4) is 0 Å². The average molecular weight is 269 g/mol. The van der Waals surface area contributed by atoms with Gasteiger partial charge in [0.2, 0.25) is 0 Å². The van der Waals surface area contributed by atoms with E-state index in [1.807, 2.05) is 20.8 Å². The Labute approximate surface area is 111 Å². The SMILES string of the molecule is C=CC[C@H](NS(=O)C(C)(C)C)c1ccccc1F. The normalized spacial score (nSPS) is 15.1. The van der Waals surface area contributed by atoms with Crippen molar-refractivity contribution >= 4 is 11.0 Å². The molecule has 4 heteroatoms. The summed E-state index contributed by atoms with van der Waals surface area (Å²) in [5.41, 5.74) is 0.523. The topological polar surface area (TPSA) is 29.1 Å². The van der Waals surface area contributed by atoms with Gasteiger partial charge in [-0.25, -0.2) is 13.3 Å². The second-order valence-electron chi connectivity index (χ2n) is 5.10. The Morgan fingerprint density at radius 2 is 2.06 bits per heavy atom. The Bertz CT molecular complexity index is 440. The standard InChI is InChI=1S/C14H20FNOS/c1-5-8-13(16-18(17)14(2,3)4)11-9-6-7-10-12(11)15/h5-7,9-10,13,16H,1,8H2,2-4H3/t13-,18?/m0/s1. The highest BCUT2D eigenvalue weighted by Crippen LogP contribution is 2.22. The molecule has 2 nitrogen and oxygen atoms in total. The molecule has 0 aliphatic carbocycles. The summed E-state index contributed by atoms with van der Waals surface area (Å²) in [4.78, 5) is 0. The Morgan fingerprint density at radius 3 is 2.56 bits per heavy atom. The van der Waals surface area contributed by atoms with E-state index in [0.29, 0.717) is 12.0 Å². The molecular weight excluding hydrogens is 249 g/mol. The van der Waals surface area contributed by atoms with E-state index in [4.69, 9.17) is 0 Å². The minimum Gasteiger partial charge on any atom is -0.242 e. The van der Waals surface area contributed by atoms with Crippen LogP contribution in [0.5, 0.6) is 0 Å². The molecule has 0 spiro atoms. The number of rotatable bonds is 5. The summed E-state index contributed by atoms with van der Waals surface area (Å²) in [6.07, 6.45) is 2.23. The first-order chi connectivity index (χ1) is 8.36. The molecule has 1 rings (SSSR count). The van der Waals surface area contributed by atoms with Crippen molar-refractivity contribution in [3.63, 3.8) is 0 Å². The molecule has 1 unspecified atom stereocenters. The monoisotopic (exact) mass is 269 g/mol. The van der Waals surface area contributed by atoms with Gasteiger partial charge in [-0.1, -0.05) is 24.3 Å². The van der Waals surface area contributed by atoms with Gasteiger partial charge < -0.3 is 0 Å². The van der Waals surface area contributed by atoms with Gasteiger partial charge >= 0.3 is 0 Å². The van der Waals surface area contributed by atoms with Gasteiger partial charge in [-0.3, -0.25) is 0 Å². The van der Waals surface area contributed by atoms with Gasteiger partial charge in [-0.15, -0.1) is 6.58 Å². The van der Waals surface area contributed by atoms with E-state index in [9.17, 15) is 8.60 Å². The van der Waals surface area contributed by atoms with Crippen molar-refractivity contribution in [1.82, 2.24) is 4.72 Å². The smallest absolute Gasteiger partial charge is 0.128 e. The van der Waals surface area contributed by atoms with Gasteiger partial charge in [0, 0.05) is 5.56 Å². The van der Waals surface area contributed by atoms with Gasteiger partial charge in [-0.2, -0.15) is 0 Å². The van der Waals surface area contributed by atoms with Crippen molar-refractivity contribution in [3.05, 3.63) is 48.3 Å². The van der Waals surface area contributed by atoms with Crippen LogP contribution in [-0.4, -0.2) is 8.96 Å². The lowest BCUT2D eigenvalue weighted by Crippen LogP contribution is -2.35. The minimum absolute atomic E-state index is 0.289. The zero-order valence-electron chi connectivity index (χ0n) is 11.1. The molecule has 0 aliphatic heterocycles. The largest absolute Gasteiger partial charge is 0.242 e. The third-order valence-electron chi connectivity index (χ3n) is 2.49. The van der Waals surface area contributed by atoms with Gasteiger partial charge in [-0.05, 0) is 33.3 Å². The summed E-state index contributed by atoms with van der Waals surface area (Å²) < 4.78 is 28.4. The molecule has 0 bridgehead atoms. The molecular formula is C14H20FNOS. The molecule has 18 heavy (non-hydrogen) atoms. The molecule has 2 atom stereocenters. The van der Waals surface area contributed by atoms with Crippen LogP contribution in [0.2, 0.25) is 0 Å². The lowest BCUT2D eigenvalue weighted by Gasteiger charge is -2.24. The molecule has 0 saturated carbocycles. The molecule has 100 valence electrons. The van der Waals surface area contributed by atoms with Crippen LogP contribution in [0.1, 0.15) is 38.8 Å². The fourth-order valence-electron chi connectivity index (χ4n) is 1.47. The first kappa shape index (κ1) is 15.1. The van der Waals surface area contributed by atoms with Crippen molar-refractivity contribution < 1.29 is 8.60 Å². The maximum atomic E-state index is 13.7. The van der Waals surface area contributed by atoms with Crippen LogP contribution in [0, 0.1) is 5.82 Å². The second-order valence-corrected chi connectivity index (χ2v) is 7.10. The van der Waals surface area contributed by atoms with Gasteiger partial charge in [0.1, 0.15) is 5.82 Å². The molecule has 0 aliphatic rings. The summed E-state index contributed by atoms with van der Waals surface area (Å²) in [6, 6.07) is 6.22. The van der Waals surface area contributed by atoms with E-state index in [-0.39, 0.29) is 16.6 Å². The first-order valence-electron chi connectivity index (χ1n) is 5.89. The van der Waals surface area contributed by atoms with E-state index in [0.717, 1.165) is 0 Å². The Morgan fingerprint density at radius 1 is 1.44 bits per heavy atom. The zero-order chi connectivity index (χ0) is 13.8. The number of nitrogens with one attached hydrogen (secondary N) is 1. The van der Waals surface area contributed by atoms with Crippen molar-refractivity contribution in [3.8, 4) is 0 Å². The molecule has 0 saturated heterocycles. The predicted molar refractivity (Wildman–Crippen MR) is 75.0 cm³/mol. The fourth-order valence-corrected chi connectivity index (χ4v) is 2.30. The average Bonchev–Trinajstić information content (AvgIpc) is 2.28. The highest BCUT2D eigenvalue weighted by Gasteiger charge is 2.24. The molecule has 1 N–H and O–H groups in total. The van der Waals surface area contributed by atoms with Crippen LogP contribution in [0.25, 0.3) is 0 Å². The third-order valence-corrected chi connectivity index (χ3v) is 4.10. The van der Waals surface area contributed by atoms with Crippen LogP contribution in [0.15, 0.2) is 36.9 Å². The number of hydrogen-bond donors (Lipinski definition) is 1. The van der Waals surface area contributed by atoms with Crippen molar-refractivity contribution in [1.29, 1.82) is 0 Å². The molecule has 0 fully saturated rings. The molecule has 1 aromatic carbocycles. The Kier molecular flexibility index (Phi) is 5.23. The maximum Gasteiger partial charge on any atom is 0.128 e. The molecule has 0 heterocycles. The van der Waals surface area contributed by atoms with Crippen molar-refractivity contribution in [2.45, 2.75) is 38.0 Å². The van der Waals surface area contributed by atoms with Crippen molar-refractivity contribution in [2.75, 3.05) is 0 Å². The second kappa shape index (κ2) is 6.25. The molecule has 0 radical (unpaired) electrons. The van der Waals surface area contributed by atoms with E-state index in [1.54, 1.807) is 24.3 Å². The van der Waals surface area contributed by atoms with Gasteiger partial charge in [0.15, 0.2) is 0 Å². The summed E-state index contributed by atoms with van der Waals surface area (Å²) in [5.74, 6) is -0.289. The lowest BCUT2D eigenvalue weighted by atomic mass is 10.0. The summed E-state index contributed by atoms with van der Waals surface area (Å²) in [7, 11) is -1.24. The predicted octanol–water partition coefficient (Wildman–Crippen LogP) is 3.49. The summed E-state index contributed by atoms with van der Waals surface area (Å²) in [5, 5.41) is 0. The van der Waals surface area contributed by atoms with E-state index in [2.05, 4.69) is 11.3 Å². The third kappa shape index (κ3) is 4.03. The Balaban J connectivity index is 2.94. The van der Waals surface area contributed by atoms with Crippen LogP contribution in [0.4, 0.5) is 4.39 Å². The maximum absolute atomic E-state index is 13.7. The summed E-state index contributed by atoms with van der Waals surface area (Å²) >= 11 is 0. The number of halogens is 1. The molecule has 0 aromatic heterocycles. The van der Waals surface area contributed by atoms with Gasteiger partial charge in [0.05, 0.1) is 21.8 Å². The zero-order valence-corrected chi connectivity index (χ0v) is 11.9. The van der Waals surface area contributed by atoms with Crippen LogP contribution < -0.4 is 4.72 Å². The molecule has 1 aromatic rings. The van der Waals surface area contributed by atoms with Gasteiger partial charge in [0.25, 0.3) is 0 Å². The van der Waals surface area contributed by atoms with Crippen molar-refractivity contribution in [2.24, 2.45) is 0 Å². The van der Waals surface area contributed by atoms with Crippen LogP contribution >= 0.6 is 0 Å². The summed E-state index contributed by atoms with van der Waals surface area (Å²) in [6.45, 7) is 9.30. The Hall–Kier alpha value is -1.00. The van der Waals surface area contributed by atoms with E-state index < -0.39 is 11.0 Å². The first-order valence-corrected chi connectivity index (χ1v) is 7.04. The quantitative estimate of drug-likeness (QED) is 0.814. The van der Waals surface area contributed by atoms with E-state index in [1.165, 1.54) is 6.07 Å². The minimum atomic E-state index is -1.24. The highest BCUT2D eigenvalue weighted by molar-refractivity contribution is 7.84. The fraction of sp³-hybridized carbons (Fsp3) is 0.429. The van der Waals surface area contributed by atoms with E-state index >= 15 is 0 Å². The number of hydrogen-bond acceptors (Lipinski definition) is 1. The molecule has 0 amide bonds. The number of benzene rings is 1. The lowest BCUT2D eigenvalue weighted by molar-refractivity contribution is 0.556.